The summed E-state index contributed by atoms with van der Waals surface area (Å²) in [4.78, 5) is 11.8. The van der Waals surface area contributed by atoms with Crippen molar-refractivity contribution in [2.45, 2.75) is 0 Å². The predicted molar refractivity (Wildman–Crippen MR) is 80.0 cm³/mol. The lowest BCUT2D eigenvalue weighted by Gasteiger charge is -2.09. The first kappa shape index (κ1) is 14.6. The molecular weight excluding hydrogens is 302 g/mol. The Labute approximate surface area is 125 Å². The molecule has 0 unspecified atom stereocenters. The van der Waals surface area contributed by atoms with Gasteiger partial charge in [-0.2, -0.15) is 0 Å². The number of benzene rings is 2. The van der Waals surface area contributed by atoms with Crippen LogP contribution in [0.4, 0.5) is 15.8 Å². The van der Waals surface area contributed by atoms with E-state index in [1.54, 1.807) is 30.3 Å². The molecule has 0 aliphatic heterocycles. The Kier molecular flexibility index (Phi) is 4.82. The summed E-state index contributed by atoms with van der Waals surface area (Å²) in [5, 5.41) is 6.18. The number of hydrogen-bond acceptors (Lipinski definition) is 2. The number of rotatable bonds is 4. The highest BCUT2D eigenvalue weighted by Gasteiger charge is 2.08. The number of nitrogens with one attached hydrogen (secondary N) is 2. The van der Waals surface area contributed by atoms with Gasteiger partial charge in [0.05, 0.1) is 22.3 Å². The molecule has 0 fully saturated rings. The molecule has 0 aromatic heterocycles. The van der Waals surface area contributed by atoms with Gasteiger partial charge < -0.3 is 10.6 Å². The zero-order valence-corrected chi connectivity index (χ0v) is 11.8. The first-order chi connectivity index (χ1) is 9.56. The lowest BCUT2D eigenvalue weighted by atomic mass is 10.3. The number of carbonyl (C=O) groups is 1. The van der Waals surface area contributed by atoms with Crippen LogP contribution in [-0.2, 0) is 4.79 Å². The highest BCUT2D eigenvalue weighted by atomic mass is 35.5. The zero-order chi connectivity index (χ0) is 14.5. The smallest absolute Gasteiger partial charge is 0.243 e. The van der Waals surface area contributed by atoms with E-state index in [0.29, 0.717) is 21.4 Å². The molecule has 3 nitrogen and oxygen atoms in total. The van der Waals surface area contributed by atoms with E-state index < -0.39 is 0 Å². The van der Waals surface area contributed by atoms with Crippen LogP contribution < -0.4 is 10.6 Å². The molecule has 0 spiro atoms. The van der Waals surface area contributed by atoms with Gasteiger partial charge in [0, 0.05) is 5.69 Å². The first-order valence-corrected chi connectivity index (χ1v) is 6.55. The predicted octanol–water partition coefficient (Wildman–Crippen LogP) is 4.18. The van der Waals surface area contributed by atoms with E-state index in [1.165, 1.54) is 12.1 Å². The molecule has 2 rings (SSSR count). The van der Waals surface area contributed by atoms with Crippen molar-refractivity contribution in [2.75, 3.05) is 17.2 Å². The molecule has 20 heavy (non-hydrogen) atoms. The minimum Gasteiger partial charge on any atom is -0.376 e. The van der Waals surface area contributed by atoms with Gasteiger partial charge in [-0.1, -0.05) is 29.3 Å². The van der Waals surface area contributed by atoms with Gasteiger partial charge in [-0.3, -0.25) is 4.79 Å². The molecule has 0 aliphatic rings. The fourth-order valence-electron chi connectivity index (χ4n) is 1.54. The second-order valence-electron chi connectivity index (χ2n) is 4.01. The Morgan fingerprint density at radius 1 is 1.10 bits per heavy atom. The standard InChI is InChI=1S/C14H11Cl2FN2O/c15-11-2-1-3-12(14(11)16)19-13(20)8-18-10-6-4-9(17)5-7-10/h1-7,18H,8H2,(H,19,20). The molecule has 0 aliphatic carbocycles. The Hall–Kier alpha value is -1.78. The van der Waals surface area contributed by atoms with Crippen LogP contribution in [0.2, 0.25) is 10.0 Å². The Morgan fingerprint density at radius 3 is 2.50 bits per heavy atom. The summed E-state index contributed by atoms with van der Waals surface area (Å²) in [6.45, 7) is 0.0362. The van der Waals surface area contributed by atoms with E-state index in [0.717, 1.165) is 0 Å². The second-order valence-corrected chi connectivity index (χ2v) is 4.80. The van der Waals surface area contributed by atoms with Crippen LogP contribution in [0.5, 0.6) is 0 Å². The van der Waals surface area contributed by atoms with Gasteiger partial charge in [-0.15, -0.1) is 0 Å². The van der Waals surface area contributed by atoms with Crippen LogP contribution in [0.15, 0.2) is 42.5 Å². The molecule has 2 aromatic rings. The molecule has 0 bridgehead atoms. The average Bonchev–Trinajstić information content (AvgIpc) is 2.43. The molecule has 6 heteroatoms. The van der Waals surface area contributed by atoms with Gasteiger partial charge in [0.1, 0.15) is 5.82 Å². The molecule has 0 saturated heterocycles. The van der Waals surface area contributed by atoms with E-state index in [1.807, 2.05) is 0 Å². The Balaban J connectivity index is 1.92. The molecular formula is C14H11Cl2FN2O. The molecule has 0 atom stereocenters. The minimum absolute atomic E-state index is 0.0362. The van der Waals surface area contributed by atoms with Crippen molar-refractivity contribution in [3.63, 3.8) is 0 Å². The van der Waals surface area contributed by atoms with Crippen molar-refractivity contribution in [3.8, 4) is 0 Å². The van der Waals surface area contributed by atoms with Crippen LogP contribution >= 0.6 is 23.2 Å². The van der Waals surface area contributed by atoms with Gasteiger partial charge in [0.25, 0.3) is 0 Å². The van der Waals surface area contributed by atoms with Crippen molar-refractivity contribution >= 4 is 40.5 Å². The number of halogens is 3. The van der Waals surface area contributed by atoms with E-state index in [2.05, 4.69) is 10.6 Å². The lowest BCUT2D eigenvalue weighted by molar-refractivity contribution is -0.114. The van der Waals surface area contributed by atoms with Crippen molar-refractivity contribution in [1.82, 2.24) is 0 Å². The van der Waals surface area contributed by atoms with Crippen LogP contribution in [0.25, 0.3) is 0 Å². The average molecular weight is 313 g/mol. The fourth-order valence-corrected chi connectivity index (χ4v) is 1.89. The van der Waals surface area contributed by atoms with Crippen LogP contribution in [0, 0.1) is 5.82 Å². The molecule has 2 N–H and O–H groups in total. The van der Waals surface area contributed by atoms with E-state index in [-0.39, 0.29) is 18.3 Å². The van der Waals surface area contributed by atoms with Crippen LogP contribution in [0.3, 0.4) is 0 Å². The van der Waals surface area contributed by atoms with Crippen molar-refractivity contribution in [2.24, 2.45) is 0 Å². The van der Waals surface area contributed by atoms with Crippen molar-refractivity contribution in [3.05, 3.63) is 58.3 Å². The maximum absolute atomic E-state index is 12.7. The Bertz CT molecular complexity index is 617. The van der Waals surface area contributed by atoms with E-state index in [9.17, 15) is 9.18 Å². The first-order valence-electron chi connectivity index (χ1n) is 5.79. The Morgan fingerprint density at radius 2 is 1.80 bits per heavy atom. The van der Waals surface area contributed by atoms with Gasteiger partial charge >= 0.3 is 0 Å². The van der Waals surface area contributed by atoms with Gasteiger partial charge in [-0.05, 0) is 36.4 Å². The highest BCUT2D eigenvalue weighted by Crippen LogP contribution is 2.29. The summed E-state index contributed by atoms with van der Waals surface area (Å²) < 4.78 is 12.7. The van der Waals surface area contributed by atoms with Gasteiger partial charge in [0.2, 0.25) is 5.91 Å². The molecule has 0 heterocycles. The van der Waals surface area contributed by atoms with Gasteiger partial charge in [-0.25, -0.2) is 4.39 Å². The lowest BCUT2D eigenvalue weighted by Crippen LogP contribution is -2.21. The maximum Gasteiger partial charge on any atom is 0.243 e. The summed E-state index contributed by atoms with van der Waals surface area (Å²) in [6, 6.07) is 10.7. The number of carbonyl (C=O) groups excluding carboxylic acids is 1. The van der Waals surface area contributed by atoms with E-state index >= 15 is 0 Å². The third-order valence-corrected chi connectivity index (χ3v) is 3.34. The number of anilines is 2. The molecule has 1 amide bonds. The largest absolute Gasteiger partial charge is 0.376 e. The summed E-state index contributed by atoms with van der Waals surface area (Å²) in [7, 11) is 0. The van der Waals surface area contributed by atoms with Crippen LogP contribution in [-0.4, -0.2) is 12.5 Å². The SMILES string of the molecule is O=C(CNc1ccc(F)cc1)Nc1cccc(Cl)c1Cl. The van der Waals surface area contributed by atoms with Gasteiger partial charge in [0.15, 0.2) is 0 Å². The second kappa shape index (κ2) is 6.59. The van der Waals surface area contributed by atoms with Crippen LogP contribution in [0.1, 0.15) is 0 Å². The highest BCUT2D eigenvalue weighted by molar-refractivity contribution is 6.44. The fraction of sp³-hybridized carbons (Fsp3) is 0.0714. The molecule has 0 saturated carbocycles. The summed E-state index contributed by atoms with van der Waals surface area (Å²) in [6.07, 6.45) is 0. The number of amides is 1. The van der Waals surface area contributed by atoms with Crippen molar-refractivity contribution in [1.29, 1.82) is 0 Å². The third-order valence-electron chi connectivity index (χ3n) is 2.52. The summed E-state index contributed by atoms with van der Waals surface area (Å²) in [5.41, 5.74) is 1.10. The monoisotopic (exact) mass is 312 g/mol. The van der Waals surface area contributed by atoms with E-state index in [4.69, 9.17) is 23.2 Å². The summed E-state index contributed by atoms with van der Waals surface area (Å²) in [5.74, 6) is -0.607. The quantitative estimate of drug-likeness (QED) is 0.889. The molecule has 104 valence electrons. The third kappa shape index (κ3) is 3.85. The molecule has 0 radical (unpaired) electrons. The minimum atomic E-state index is -0.328. The van der Waals surface area contributed by atoms with Crippen molar-refractivity contribution < 1.29 is 9.18 Å². The molecule has 2 aromatic carbocycles. The summed E-state index contributed by atoms with van der Waals surface area (Å²) >= 11 is 11.8. The topological polar surface area (TPSA) is 41.1 Å². The normalized spacial score (nSPS) is 10.2. The maximum atomic E-state index is 12.7. The number of hydrogen-bond donors (Lipinski definition) is 2. The zero-order valence-electron chi connectivity index (χ0n) is 10.3.